The summed E-state index contributed by atoms with van der Waals surface area (Å²) in [5.41, 5.74) is 10.1. The van der Waals surface area contributed by atoms with Gasteiger partial charge >= 0.3 is 5.97 Å². The first-order valence-corrected chi connectivity index (χ1v) is 8.78. The Labute approximate surface area is 156 Å². The molecular formula is C20H20N4O3. The third kappa shape index (κ3) is 2.91. The van der Waals surface area contributed by atoms with Crippen molar-refractivity contribution in [2.45, 2.75) is 32.9 Å². The van der Waals surface area contributed by atoms with E-state index in [1.807, 2.05) is 23.6 Å². The lowest BCUT2D eigenvalue weighted by Crippen LogP contribution is -2.10. The van der Waals surface area contributed by atoms with E-state index in [1.165, 1.54) is 6.92 Å². The number of ether oxygens (including phenoxy) is 1. The molecule has 1 unspecified atom stereocenters. The van der Waals surface area contributed by atoms with Gasteiger partial charge in [-0.3, -0.25) is 4.79 Å². The number of carbonyl (C=O) groups excluding carboxylic acids is 2. The number of fused-ring (bicyclic) bond motifs is 3. The summed E-state index contributed by atoms with van der Waals surface area (Å²) in [7, 11) is 0. The van der Waals surface area contributed by atoms with Crippen molar-refractivity contribution in [2.75, 3.05) is 11.1 Å². The van der Waals surface area contributed by atoms with Gasteiger partial charge in [-0.05, 0) is 30.7 Å². The van der Waals surface area contributed by atoms with Crippen LogP contribution in [0, 0.1) is 6.92 Å². The first-order valence-electron chi connectivity index (χ1n) is 8.78. The van der Waals surface area contributed by atoms with Gasteiger partial charge in [-0.1, -0.05) is 18.2 Å². The fourth-order valence-electron chi connectivity index (χ4n) is 3.52. The molecule has 2 heterocycles. The number of rotatable bonds is 3. The molecule has 0 saturated carbocycles. The van der Waals surface area contributed by atoms with Gasteiger partial charge in [-0.15, -0.1) is 0 Å². The van der Waals surface area contributed by atoms with E-state index in [-0.39, 0.29) is 11.9 Å². The number of esters is 1. The first-order chi connectivity index (χ1) is 13.0. The van der Waals surface area contributed by atoms with Crippen LogP contribution in [0.1, 0.15) is 41.2 Å². The maximum absolute atomic E-state index is 12.4. The van der Waals surface area contributed by atoms with Crippen LogP contribution in [0.15, 0.2) is 36.4 Å². The number of anilines is 2. The number of benzene rings is 2. The summed E-state index contributed by atoms with van der Waals surface area (Å²) in [5.74, 6) is 0.120. The summed E-state index contributed by atoms with van der Waals surface area (Å²) in [4.78, 5) is 28.5. The molecule has 0 saturated heterocycles. The zero-order valence-corrected chi connectivity index (χ0v) is 15.2. The van der Waals surface area contributed by atoms with Crippen LogP contribution >= 0.6 is 0 Å². The number of nitrogen functional groups attached to an aromatic ring is 1. The molecule has 4 rings (SSSR count). The van der Waals surface area contributed by atoms with E-state index in [0.717, 1.165) is 11.1 Å². The van der Waals surface area contributed by atoms with Crippen LogP contribution in [-0.2, 0) is 16.1 Å². The number of imidazole rings is 1. The summed E-state index contributed by atoms with van der Waals surface area (Å²) in [5, 5.41) is 2.76. The molecule has 1 aromatic heterocycles. The Kier molecular flexibility index (Phi) is 4.07. The minimum Gasteiger partial charge on any atom is -0.451 e. The number of carbonyl (C=O) groups is 2. The third-order valence-corrected chi connectivity index (χ3v) is 4.77. The third-order valence-electron chi connectivity index (χ3n) is 4.77. The molecule has 7 heteroatoms. The minimum atomic E-state index is -0.422. The maximum Gasteiger partial charge on any atom is 0.338 e. The molecule has 3 aromatic rings. The fraction of sp³-hybridized carbons (Fsp3) is 0.250. The van der Waals surface area contributed by atoms with Crippen molar-refractivity contribution in [3.63, 3.8) is 0 Å². The largest absolute Gasteiger partial charge is 0.451 e. The van der Waals surface area contributed by atoms with E-state index < -0.39 is 6.10 Å². The van der Waals surface area contributed by atoms with E-state index in [1.54, 1.807) is 24.3 Å². The molecule has 7 nitrogen and oxygen atoms in total. The van der Waals surface area contributed by atoms with Gasteiger partial charge in [0.25, 0.3) is 0 Å². The number of hydrogen-bond donors (Lipinski definition) is 2. The SMILES string of the molecule is CC(=O)Nc1c(C)cc2c(nc3n2CCC3OC(=O)c2ccccc2)c1N. The van der Waals surface area contributed by atoms with Crippen LogP contribution in [0.3, 0.4) is 0 Å². The lowest BCUT2D eigenvalue weighted by Gasteiger charge is -2.11. The predicted octanol–water partition coefficient (Wildman–Crippen LogP) is 3.19. The van der Waals surface area contributed by atoms with Gasteiger partial charge < -0.3 is 20.4 Å². The molecule has 3 N–H and O–H groups in total. The molecule has 27 heavy (non-hydrogen) atoms. The maximum atomic E-state index is 12.4. The topological polar surface area (TPSA) is 99.2 Å². The van der Waals surface area contributed by atoms with E-state index in [9.17, 15) is 9.59 Å². The average Bonchev–Trinajstić information content (AvgIpc) is 3.20. The number of amides is 1. The quantitative estimate of drug-likeness (QED) is 0.549. The zero-order valence-electron chi connectivity index (χ0n) is 15.2. The van der Waals surface area contributed by atoms with Crippen LogP contribution in [0.5, 0.6) is 0 Å². The standard InChI is InChI=1S/C20H20N4O3/c1-11-10-14-18(16(21)17(11)22-12(2)25)23-19-15(8-9-24(14)19)27-20(26)13-6-4-3-5-7-13/h3-7,10,15H,8-9,21H2,1-2H3,(H,22,25). The minimum absolute atomic E-state index is 0.189. The van der Waals surface area contributed by atoms with Crippen molar-refractivity contribution in [3.8, 4) is 0 Å². The van der Waals surface area contributed by atoms with Gasteiger partial charge in [0, 0.05) is 19.9 Å². The van der Waals surface area contributed by atoms with Crippen molar-refractivity contribution in [1.29, 1.82) is 0 Å². The molecule has 0 bridgehead atoms. The van der Waals surface area contributed by atoms with Crippen molar-refractivity contribution >= 4 is 34.3 Å². The van der Waals surface area contributed by atoms with E-state index >= 15 is 0 Å². The lowest BCUT2D eigenvalue weighted by molar-refractivity contribution is -0.114. The summed E-state index contributed by atoms with van der Waals surface area (Å²) < 4.78 is 7.71. The number of nitrogens with one attached hydrogen (secondary N) is 1. The van der Waals surface area contributed by atoms with Gasteiger partial charge in [0.05, 0.1) is 22.5 Å². The van der Waals surface area contributed by atoms with Crippen LogP contribution in [0.4, 0.5) is 11.4 Å². The van der Waals surface area contributed by atoms with Crippen LogP contribution < -0.4 is 11.1 Å². The first kappa shape index (κ1) is 17.1. The Morgan fingerprint density at radius 1 is 1.30 bits per heavy atom. The number of aryl methyl sites for hydroxylation is 2. The molecule has 0 fully saturated rings. The summed E-state index contributed by atoms with van der Waals surface area (Å²) in [6.07, 6.45) is 0.248. The van der Waals surface area contributed by atoms with Crippen LogP contribution in [-0.4, -0.2) is 21.4 Å². The Bertz CT molecular complexity index is 1060. The zero-order chi connectivity index (χ0) is 19.1. The molecule has 0 aliphatic carbocycles. The highest BCUT2D eigenvalue weighted by atomic mass is 16.5. The highest BCUT2D eigenvalue weighted by Gasteiger charge is 2.31. The second kappa shape index (κ2) is 6.42. The second-order valence-electron chi connectivity index (χ2n) is 6.70. The lowest BCUT2D eigenvalue weighted by atomic mass is 10.1. The summed E-state index contributed by atoms with van der Waals surface area (Å²) in [6.45, 7) is 4.02. The summed E-state index contributed by atoms with van der Waals surface area (Å²) >= 11 is 0. The number of hydrogen-bond acceptors (Lipinski definition) is 5. The van der Waals surface area contributed by atoms with Crippen molar-refractivity contribution < 1.29 is 14.3 Å². The molecule has 0 radical (unpaired) electrons. The van der Waals surface area contributed by atoms with Gasteiger partial charge in [-0.2, -0.15) is 0 Å². The van der Waals surface area contributed by atoms with Gasteiger partial charge in [0.2, 0.25) is 5.91 Å². The van der Waals surface area contributed by atoms with E-state index in [4.69, 9.17) is 10.5 Å². The number of nitrogens with zero attached hydrogens (tertiary/aromatic N) is 2. The molecule has 0 spiro atoms. The monoisotopic (exact) mass is 364 g/mol. The van der Waals surface area contributed by atoms with Crippen molar-refractivity contribution in [2.24, 2.45) is 0 Å². The fourth-order valence-corrected chi connectivity index (χ4v) is 3.52. The Hall–Kier alpha value is -3.35. The van der Waals surface area contributed by atoms with Crippen molar-refractivity contribution in [1.82, 2.24) is 9.55 Å². The predicted molar refractivity (Wildman–Crippen MR) is 102 cm³/mol. The smallest absolute Gasteiger partial charge is 0.338 e. The van der Waals surface area contributed by atoms with Crippen LogP contribution in [0.25, 0.3) is 11.0 Å². The summed E-state index contributed by atoms with van der Waals surface area (Å²) in [6, 6.07) is 10.8. The Balaban J connectivity index is 1.70. The molecule has 1 amide bonds. The van der Waals surface area contributed by atoms with E-state index in [0.29, 0.717) is 41.2 Å². The second-order valence-corrected chi connectivity index (χ2v) is 6.70. The molecule has 1 aliphatic rings. The number of aromatic nitrogens is 2. The van der Waals surface area contributed by atoms with Gasteiger partial charge in [0.15, 0.2) is 11.9 Å². The Morgan fingerprint density at radius 2 is 2.04 bits per heavy atom. The average molecular weight is 364 g/mol. The molecule has 1 aliphatic heterocycles. The van der Waals surface area contributed by atoms with Gasteiger partial charge in [-0.25, -0.2) is 9.78 Å². The molecule has 2 aromatic carbocycles. The van der Waals surface area contributed by atoms with Crippen LogP contribution in [0.2, 0.25) is 0 Å². The van der Waals surface area contributed by atoms with Crippen molar-refractivity contribution in [3.05, 3.63) is 53.3 Å². The highest BCUT2D eigenvalue weighted by molar-refractivity contribution is 6.02. The highest BCUT2D eigenvalue weighted by Crippen LogP contribution is 2.38. The van der Waals surface area contributed by atoms with Gasteiger partial charge in [0.1, 0.15) is 5.52 Å². The molecular weight excluding hydrogens is 344 g/mol. The normalized spacial score (nSPS) is 15.6. The number of nitrogens with two attached hydrogens (primary N) is 1. The van der Waals surface area contributed by atoms with E-state index in [2.05, 4.69) is 10.3 Å². The molecule has 1 atom stereocenters. The Morgan fingerprint density at radius 3 is 2.74 bits per heavy atom. The molecule has 138 valence electrons.